The largest absolute Gasteiger partial charge is 0.378 e. The molecule has 6 aromatic rings. The quantitative estimate of drug-likeness (QED) is 0.0296. The number of sulfone groups is 1. The molecule has 0 aromatic heterocycles. The zero-order valence-electron chi connectivity index (χ0n) is 49.4. The Kier molecular flexibility index (Phi) is 23.6. The predicted molar refractivity (Wildman–Crippen MR) is 336 cm³/mol. The Morgan fingerprint density at radius 2 is 0.455 bits per heavy atom. The molecule has 0 bridgehead atoms. The summed E-state index contributed by atoms with van der Waals surface area (Å²) < 4.78 is 33.0. The van der Waals surface area contributed by atoms with E-state index in [-0.39, 0.29) is 0 Å². The summed E-state index contributed by atoms with van der Waals surface area (Å²) in [5, 5.41) is 0. The van der Waals surface area contributed by atoms with Crippen LogP contribution in [0.25, 0.3) is 0 Å². The molecule has 0 atom stereocenters. The summed E-state index contributed by atoms with van der Waals surface area (Å²) in [5.74, 6) is 0. The van der Waals surface area contributed by atoms with Crippen molar-refractivity contribution < 1.29 is 8.42 Å². The van der Waals surface area contributed by atoms with Crippen LogP contribution in [-0.4, -0.2) is 64.8 Å². The molecule has 6 nitrogen and oxygen atoms in total. The number of nitrogens with zero attached hydrogens (tertiary/aromatic N) is 4. The van der Waals surface area contributed by atoms with E-state index in [9.17, 15) is 0 Å². The second-order valence-electron chi connectivity index (χ2n) is 22.9. The van der Waals surface area contributed by atoms with Crippen LogP contribution < -0.4 is 19.6 Å². The van der Waals surface area contributed by atoms with Crippen molar-refractivity contribution in [3.8, 4) is 0 Å². The number of unbranched alkanes of at least 4 members (excludes halogenated alkanes) is 18. The maximum absolute atomic E-state index is 18.2. The molecule has 0 heterocycles. The highest BCUT2D eigenvalue weighted by molar-refractivity contribution is 7.94. The number of rotatable bonds is 34. The van der Waals surface area contributed by atoms with Crippen molar-refractivity contribution in [2.75, 3.05) is 76.0 Å². The molecule has 6 rings (SSSR count). The van der Waals surface area contributed by atoms with Crippen LogP contribution in [-0.2, 0) is 32.2 Å². The Morgan fingerprint density at radius 1 is 0.273 bits per heavy atom. The molecule has 6 aromatic carbocycles. The van der Waals surface area contributed by atoms with E-state index < -0.39 is 19.3 Å². The summed E-state index contributed by atoms with van der Waals surface area (Å²) in [6.45, 7) is 4.56. The molecule has 0 saturated carbocycles. The van der Waals surface area contributed by atoms with Gasteiger partial charge in [-0.05, 0) is 119 Å². The van der Waals surface area contributed by atoms with Gasteiger partial charge in [-0.2, -0.15) is 0 Å². The van der Waals surface area contributed by atoms with Gasteiger partial charge in [-0.3, -0.25) is 0 Å². The van der Waals surface area contributed by atoms with Crippen molar-refractivity contribution in [2.24, 2.45) is 0 Å². The van der Waals surface area contributed by atoms with Gasteiger partial charge in [0.1, 0.15) is 9.49 Å². The van der Waals surface area contributed by atoms with Gasteiger partial charge < -0.3 is 19.6 Å². The fourth-order valence-electron chi connectivity index (χ4n) is 11.6. The third kappa shape index (κ3) is 15.0. The van der Waals surface area contributed by atoms with Crippen LogP contribution in [0, 0.1) is 0 Å². The van der Waals surface area contributed by atoms with Crippen molar-refractivity contribution in [1.82, 2.24) is 0 Å². The number of benzene rings is 6. The minimum absolute atomic E-state index is 0.694. The fraction of sp³-hybridized carbons (Fsp3) is 0.486. The van der Waals surface area contributed by atoms with Gasteiger partial charge in [-0.1, -0.05) is 226 Å². The molecule has 77 heavy (non-hydrogen) atoms. The second-order valence-corrected chi connectivity index (χ2v) is 25.1. The van der Waals surface area contributed by atoms with Crippen molar-refractivity contribution >= 4 is 32.6 Å². The van der Waals surface area contributed by atoms with Crippen molar-refractivity contribution in [3.63, 3.8) is 0 Å². The first-order chi connectivity index (χ1) is 37.2. The average Bonchev–Trinajstić information content (AvgIpc) is 3.61. The first-order valence-corrected chi connectivity index (χ1v) is 31.2. The van der Waals surface area contributed by atoms with Crippen LogP contribution in [0.2, 0.25) is 0 Å². The highest BCUT2D eigenvalue weighted by Gasteiger charge is 2.61. The van der Waals surface area contributed by atoms with E-state index in [0.29, 0.717) is 22.3 Å². The first-order valence-electron chi connectivity index (χ1n) is 29.8. The lowest BCUT2D eigenvalue weighted by molar-refractivity contribution is 0.547. The minimum atomic E-state index is -4.59. The lowest BCUT2D eigenvalue weighted by Gasteiger charge is -2.45. The molecular weight excluding hydrogens is 961 g/mol. The molecule has 0 saturated heterocycles. The van der Waals surface area contributed by atoms with Gasteiger partial charge in [-0.15, -0.1) is 0 Å². The fourth-order valence-corrected chi connectivity index (χ4v) is 14.7. The molecule has 0 N–H and O–H groups in total. The van der Waals surface area contributed by atoms with Gasteiger partial charge in [0.05, 0.1) is 0 Å². The summed E-state index contributed by atoms with van der Waals surface area (Å²) in [7, 11) is 11.7. The highest BCUT2D eigenvalue weighted by atomic mass is 32.2. The van der Waals surface area contributed by atoms with Gasteiger partial charge in [0.15, 0.2) is 9.84 Å². The Labute approximate surface area is 469 Å². The number of anilines is 4. The van der Waals surface area contributed by atoms with Gasteiger partial charge in [0, 0.05) is 79.1 Å². The van der Waals surface area contributed by atoms with Crippen LogP contribution >= 0.6 is 0 Å². The van der Waals surface area contributed by atoms with E-state index in [0.717, 1.165) is 59.6 Å². The zero-order chi connectivity index (χ0) is 55.3. The molecule has 0 fully saturated rings. The third-order valence-electron chi connectivity index (χ3n) is 16.3. The summed E-state index contributed by atoms with van der Waals surface area (Å²) in [4.78, 5) is 8.31. The highest BCUT2D eigenvalue weighted by Crippen LogP contribution is 2.57. The maximum atomic E-state index is 18.2. The number of aryl methyl sites for hydroxylation is 2. The first kappa shape index (κ1) is 60.7. The van der Waals surface area contributed by atoms with Crippen molar-refractivity contribution in [2.45, 2.75) is 165 Å². The lowest BCUT2D eigenvalue weighted by Crippen LogP contribution is -2.51. The number of hydrogen-bond acceptors (Lipinski definition) is 6. The standard InChI is InChI=1S/C70H98N4O2S/c1-11-13-15-17-19-21-23-25-27-29-31-57-33-37-59(38-34-57)69(61-41-49-65(50-42-61)71(3)4,62-43-51-66(52-44-62)72(5)6)77(75,76)70(63-45-53-67(54-46-63)73(7)8,64-47-55-68(56-48-64)74(9)10)60-39-35-58(36-40-60)32-30-28-26-24-22-20-18-16-14-12-2/h33-56H,11-32H2,1-10H3. The van der Waals surface area contributed by atoms with E-state index in [2.05, 4.69) is 179 Å². The molecule has 0 aliphatic heterocycles. The van der Waals surface area contributed by atoms with Crippen LogP contribution in [0.3, 0.4) is 0 Å². The second kappa shape index (κ2) is 30.0. The SMILES string of the molecule is CCCCCCCCCCCCc1ccc(C(c2ccc(N(C)C)cc2)(c2ccc(N(C)C)cc2)S(=O)(=O)C(c2ccc(CCCCCCCCCCCC)cc2)(c2ccc(N(C)C)cc2)c2ccc(N(C)C)cc2)cc1. The van der Waals surface area contributed by atoms with Gasteiger partial charge in [0.2, 0.25) is 0 Å². The Morgan fingerprint density at radius 3 is 0.649 bits per heavy atom. The van der Waals surface area contributed by atoms with Crippen LogP contribution in [0.1, 0.15) is 187 Å². The monoisotopic (exact) mass is 1060 g/mol. The molecular formula is C70H98N4O2S. The van der Waals surface area contributed by atoms with E-state index in [1.54, 1.807) is 0 Å². The lowest BCUT2D eigenvalue weighted by atomic mass is 9.82. The number of hydrogen-bond donors (Lipinski definition) is 0. The molecule has 0 radical (unpaired) electrons. The molecule has 0 aliphatic carbocycles. The van der Waals surface area contributed by atoms with E-state index in [4.69, 9.17) is 0 Å². The van der Waals surface area contributed by atoms with Gasteiger partial charge in [-0.25, -0.2) is 8.42 Å². The smallest absolute Gasteiger partial charge is 0.186 e. The van der Waals surface area contributed by atoms with Gasteiger partial charge >= 0.3 is 0 Å². The predicted octanol–water partition coefficient (Wildman–Crippen LogP) is 17.6. The molecule has 0 unspecified atom stereocenters. The van der Waals surface area contributed by atoms with Crippen LogP contribution in [0.15, 0.2) is 146 Å². The molecule has 0 amide bonds. The summed E-state index contributed by atoms with van der Waals surface area (Å²) >= 11 is 0. The normalized spacial score (nSPS) is 12.0. The Balaban J connectivity index is 1.56. The van der Waals surface area contributed by atoms with E-state index in [1.807, 2.05) is 56.4 Å². The Hall–Kier alpha value is -5.53. The van der Waals surface area contributed by atoms with Gasteiger partial charge in [0.25, 0.3) is 0 Å². The van der Waals surface area contributed by atoms with Crippen molar-refractivity contribution in [1.29, 1.82) is 0 Å². The van der Waals surface area contributed by atoms with E-state index >= 15 is 8.42 Å². The molecule has 0 spiro atoms. The summed E-state index contributed by atoms with van der Waals surface area (Å²) in [5.41, 5.74) is 10.7. The maximum Gasteiger partial charge on any atom is 0.186 e. The molecule has 0 aliphatic rings. The van der Waals surface area contributed by atoms with Crippen LogP contribution in [0.4, 0.5) is 22.7 Å². The van der Waals surface area contributed by atoms with Crippen molar-refractivity contribution in [3.05, 3.63) is 190 Å². The Bertz CT molecular complexity index is 2420. The van der Waals surface area contributed by atoms with E-state index in [1.165, 1.54) is 127 Å². The van der Waals surface area contributed by atoms with Crippen LogP contribution in [0.5, 0.6) is 0 Å². The molecule has 416 valence electrons. The zero-order valence-corrected chi connectivity index (χ0v) is 50.2. The topological polar surface area (TPSA) is 47.1 Å². The summed E-state index contributed by atoms with van der Waals surface area (Å²) in [6.07, 6.45) is 27.7. The summed E-state index contributed by atoms with van der Waals surface area (Å²) in [6, 6.07) is 50.5. The molecule has 7 heteroatoms. The minimum Gasteiger partial charge on any atom is -0.378 e. The average molecular weight is 1060 g/mol. The third-order valence-corrected chi connectivity index (χ3v) is 19.4.